The van der Waals surface area contributed by atoms with Gasteiger partial charge in [0.05, 0.1) is 6.10 Å². The molecule has 0 radical (unpaired) electrons. The summed E-state index contributed by atoms with van der Waals surface area (Å²) in [6.45, 7) is 0. The van der Waals surface area contributed by atoms with Crippen LogP contribution in [0.15, 0.2) is 16.9 Å². The van der Waals surface area contributed by atoms with Crippen molar-refractivity contribution >= 4 is 5.91 Å². The zero-order valence-electron chi connectivity index (χ0n) is 10.8. The molecule has 2 bridgehead atoms. The molecule has 6 nitrogen and oxygen atoms in total. The zero-order valence-corrected chi connectivity index (χ0v) is 10.8. The maximum absolute atomic E-state index is 12.5. The van der Waals surface area contributed by atoms with E-state index in [0.717, 1.165) is 12.8 Å². The third-order valence-electron chi connectivity index (χ3n) is 4.12. The van der Waals surface area contributed by atoms with Gasteiger partial charge in [-0.2, -0.15) is 5.10 Å². The van der Waals surface area contributed by atoms with Gasteiger partial charge in [-0.25, -0.2) is 4.68 Å². The van der Waals surface area contributed by atoms with Crippen LogP contribution >= 0.6 is 0 Å². The first-order chi connectivity index (χ1) is 9.06. The minimum atomic E-state index is -0.297. The van der Waals surface area contributed by atoms with Crippen LogP contribution in [0.4, 0.5) is 0 Å². The molecule has 0 spiro atoms. The van der Waals surface area contributed by atoms with E-state index in [4.69, 9.17) is 0 Å². The number of carbonyl (C=O) groups is 1. The monoisotopic (exact) mass is 263 g/mol. The topological polar surface area (TPSA) is 75.4 Å². The molecule has 0 aromatic carbocycles. The summed E-state index contributed by atoms with van der Waals surface area (Å²) in [6, 6.07) is 3.07. The van der Waals surface area contributed by atoms with E-state index < -0.39 is 0 Å². The maximum Gasteiger partial charge on any atom is 0.274 e. The van der Waals surface area contributed by atoms with Crippen molar-refractivity contribution in [3.63, 3.8) is 0 Å². The van der Waals surface area contributed by atoms with Crippen LogP contribution in [0, 0.1) is 0 Å². The van der Waals surface area contributed by atoms with E-state index in [1.54, 1.807) is 0 Å². The van der Waals surface area contributed by atoms with Crippen molar-refractivity contribution < 1.29 is 9.90 Å². The van der Waals surface area contributed by atoms with E-state index in [-0.39, 0.29) is 29.7 Å². The minimum absolute atomic E-state index is 0.111. The van der Waals surface area contributed by atoms with Gasteiger partial charge in [0.1, 0.15) is 5.69 Å². The van der Waals surface area contributed by atoms with Crippen LogP contribution in [0.1, 0.15) is 36.2 Å². The Labute approximate surface area is 110 Å². The van der Waals surface area contributed by atoms with E-state index in [1.807, 2.05) is 4.90 Å². The molecule has 1 aromatic rings. The third kappa shape index (κ3) is 2.06. The van der Waals surface area contributed by atoms with Gasteiger partial charge < -0.3 is 10.0 Å². The molecule has 102 valence electrons. The van der Waals surface area contributed by atoms with Crippen LogP contribution in [-0.4, -0.2) is 43.9 Å². The van der Waals surface area contributed by atoms with E-state index in [0.29, 0.717) is 18.5 Å². The van der Waals surface area contributed by atoms with Crippen molar-refractivity contribution in [2.24, 2.45) is 7.05 Å². The summed E-state index contributed by atoms with van der Waals surface area (Å²) in [5, 5.41) is 13.8. The van der Waals surface area contributed by atoms with Gasteiger partial charge in [0.25, 0.3) is 11.5 Å². The quantitative estimate of drug-likeness (QED) is 0.768. The molecule has 3 heterocycles. The summed E-state index contributed by atoms with van der Waals surface area (Å²) in [5.74, 6) is -0.130. The first-order valence-corrected chi connectivity index (χ1v) is 6.61. The smallest absolute Gasteiger partial charge is 0.274 e. The van der Waals surface area contributed by atoms with Gasteiger partial charge in [-0.3, -0.25) is 9.59 Å². The molecule has 19 heavy (non-hydrogen) atoms. The Balaban J connectivity index is 1.88. The highest BCUT2D eigenvalue weighted by molar-refractivity contribution is 5.92. The van der Waals surface area contributed by atoms with E-state index in [2.05, 4.69) is 5.10 Å². The number of fused-ring (bicyclic) bond motifs is 2. The highest BCUT2D eigenvalue weighted by Gasteiger charge is 2.43. The van der Waals surface area contributed by atoms with Gasteiger partial charge in [-0.1, -0.05) is 0 Å². The van der Waals surface area contributed by atoms with Crippen LogP contribution in [0.25, 0.3) is 0 Å². The van der Waals surface area contributed by atoms with Gasteiger partial charge >= 0.3 is 0 Å². The number of hydrogen-bond donors (Lipinski definition) is 1. The molecule has 2 aliphatic rings. The second-order valence-corrected chi connectivity index (χ2v) is 5.40. The molecule has 1 aromatic heterocycles. The normalized spacial score (nSPS) is 29.6. The predicted octanol–water partition coefficient (Wildman–Crippen LogP) is -0.0918. The Hall–Kier alpha value is -1.69. The lowest BCUT2D eigenvalue weighted by Crippen LogP contribution is -2.48. The highest BCUT2D eigenvalue weighted by atomic mass is 16.3. The van der Waals surface area contributed by atoms with Crippen molar-refractivity contribution in [2.75, 3.05) is 0 Å². The largest absolute Gasteiger partial charge is 0.393 e. The average Bonchev–Trinajstić information content (AvgIpc) is 2.64. The number of aliphatic hydroxyl groups excluding tert-OH is 1. The first-order valence-electron chi connectivity index (χ1n) is 6.61. The summed E-state index contributed by atoms with van der Waals surface area (Å²) >= 11 is 0. The molecule has 2 atom stereocenters. The fourth-order valence-corrected chi connectivity index (χ4v) is 3.23. The average molecular weight is 263 g/mol. The summed E-state index contributed by atoms with van der Waals surface area (Å²) < 4.78 is 1.17. The Morgan fingerprint density at radius 3 is 2.53 bits per heavy atom. The standard InChI is InChI=1S/C13H17N3O3/c1-15-12(18)5-4-11(14-15)13(19)16-8-2-3-9(16)7-10(17)6-8/h4-5,8-10,17H,2-3,6-7H2,1H3. The van der Waals surface area contributed by atoms with Crippen LogP contribution in [-0.2, 0) is 7.05 Å². The molecule has 2 aliphatic heterocycles. The Morgan fingerprint density at radius 2 is 1.95 bits per heavy atom. The number of aliphatic hydroxyl groups is 1. The molecular formula is C13H17N3O3. The Kier molecular flexibility index (Phi) is 2.89. The summed E-state index contributed by atoms with van der Waals surface area (Å²) in [4.78, 5) is 25.6. The molecule has 2 saturated heterocycles. The molecular weight excluding hydrogens is 246 g/mol. The number of piperidine rings is 1. The van der Waals surface area contributed by atoms with Gasteiger partial charge in [0.2, 0.25) is 0 Å². The van der Waals surface area contributed by atoms with E-state index >= 15 is 0 Å². The van der Waals surface area contributed by atoms with Crippen LogP contribution in [0.3, 0.4) is 0 Å². The number of aromatic nitrogens is 2. The van der Waals surface area contributed by atoms with Crippen molar-refractivity contribution in [2.45, 2.75) is 43.9 Å². The molecule has 2 unspecified atom stereocenters. The highest BCUT2D eigenvalue weighted by Crippen LogP contribution is 2.36. The van der Waals surface area contributed by atoms with Crippen molar-refractivity contribution in [3.05, 3.63) is 28.2 Å². The molecule has 2 fully saturated rings. The second kappa shape index (κ2) is 4.45. The van der Waals surface area contributed by atoms with Gasteiger partial charge in [0, 0.05) is 25.2 Å². The molecule has 6 heteroatoms. The number of nitrogens with zero attached hydrogens (tertiary/aromatic N) is 3. The van der Waals surface area contributed by atoms with Crippen molar-refractivity contribution in [1.82, 2.24) is 14.7 Å². The van der Waals surface area contributed by atoms with Crippen LogP contribution in [0.5, 0.6) is 0 Å². The summed E-state index contributed by atoms with van der Waals surface area (Å²) in [6.07, 6.45) is 2.88. The SMILES string of the molecule is Cn1nc(C(=O)N2C3CCC2CC(O)C3)ccc1=O. The van der Waals surface area contributed by atoms with Gasteiger partial charge in [0.15, 0.2) is 0 Å². The fraction of sp³-hybridized carbons (Fsp3) is 0.615. The lowest BCUT2D eigenvalue weighted by Gasteiger charge is -2.36. The predicted molar refractivity (Wildman–Crippen MR) is 67.7 cm³/mol. The Morgan fingerprint density at radius 1 is 1.32 bits per heavy atom. The maximum atomic E-state index is 12.5. The molecule has 1 N–H and O–H groups in total. The lowest BCUT2D eigenvalue weighted by molar-refractivity contribution is 0.0281. The van der Waals surface area contributed by atoms with Crippen molar-refractivity contribution in [1.29, 1.82) is 0 Å². The molecule has 1 amide bonds. The third-order valence-corrected chi connectivity index (χ3v) is 4.12. The lowest BCUT2D eigenvalue weighted by atomic mass is 9.99. The number of amides is 1. The van der Waals surface area contributed by atoms with Crippen LogP contribution < -0.4 is 5.56 Å². The molecule has 0 saturated carbocycles. The summed E-state index contributed by atoms with van der Waals surface area (Å²) in [5.41, 5.74) is 0.0731. The van der Waals surface area contributed by atoms with Gasteiger partial charge in [-0.15, -0.1) is 0 Å². The minimum Gasteiger partial charge on any atom is -0.393 e. The van der Waals surface area contributed by atoms with Crippen LogP contribution in [0.2, 0.25) is 0 Å². The number of aryl methyl sites for hydroxylation is 1. The Bertz CT molecular complexity index is 554. The van der Waals surface area contributed by atoms with E-state index in [9.17, 15) is 14.7 Å². The van der Waals surface area contributed by atoms with Gasteiger partial charge in [-0.05, 0) is 31.7 Å². The van der Waals surface area contributed by atoms with E-state index in [1.165, 1.54) is 23.9 Å². The fourth-order valence-electron chi connectivity index (χ4n) is 3.23. The van der Waals surface area contributed by atoms with Crippen molar-refractivity contribution in [3.8, 4) is 0 Å². The first kappa shape index (κ1) is 12.3. The second-order valence-electron chi connectivity index (χ2n) is 5.40. The number of carbonyl (C=O) groups excluding carboxylic acids is 1. The number of rotatable bonds is 1. The molecule has 3 rings (SSSR count). The summed E-state index contributed by atoms with van der Waals surface area (Å²) in [7, 11) is 1.54. The zero-order chi connectivity index (χ0) is 13.6. The molecule has 0 aliphatic carbocycles. The number of hydrogen-bond acceptors (Lipinski definition) is 4.